The topological polar surface area (TPSA) is 41.1 Å². The predicted molar refractivity (Wildman–Crippen MR) is 52.0 cm³/mol. The number of hydrogen-bond acceptors (Lipinski definition) is 2. The molecule has 0 spiro atoms. The van der Waals surface area contributed by atoms with E-state index in [2.05, 4.69) is 16.6 Å². The first kappa shape index (κ1) is 10.1. The Kier molecular flexibility index (Phi) is 3.78. The molecule has 1 fully saturated rings. The summed E-state index contributed by atoms with van der Waals surface area (Å²) in [5.41, 5.74) is 0. The van der Waals surface area contributed by atoms with E-state index in [4.69, 9.17) is 6.42 Å². The Morgan fingerprint density at radius 3 is 2.92 bits per heavy atom. The van der Waals surface area contributed by atoms with Gasteiger partial charge in [0.2, 0.25) is 5.91 Å². The van der Waals surface area contributed by atoms with Crippen LogP contribution in [0.4, 0.5) is 0 Å². The van der Waals surface area contributed by atoms with Crippen LogP contribution in [0.1, 0.15) is 19.8 Å². The molecule has 1 aliphatic rings. The van der Waals surface area contributed by atoms with Crippen molar-refractivity contribution in [3.8, 4) is 12.3 Å². The highest BCUT2D eigenvalue weighted by Gasteiger charge is 2.20. The van der Waals surface area contributed by atoms with Crippen LogP contribution < -0.4 is 10.6 Å². The molecule has 72 valence electrons. The second-order valence-electron chi connectivity index (χ2n) is 3.53. The van der Waals surface area contributed by atoms with Crippen molar-refractivity contribution in [1.82, 2.24) is 10.6 Å². The van der Waals surface area contributed by atoms with Gasteiger partial charge in [-0.2, -0.15) is 0 Å². The zero-order chi connectivity index (χ0) is 9.68. The molecule has 0 saturated heterocycles. The van der Waals surface area contributed by atoms with Gasteiger partial charge in [0.15, 0.2) is 0 Å². The van der Waals surface area contributed by atoms with Gasteiger partial charge in [0.25, 0.3) is 0 Å². The van der Waals surface area contributed by atoms with Crippen LogP contribution in [0, 0.1) is 18.3 Å². The smallest absolute Gasteiger partial charge is 0.234 e. The minimum absolute atomic E-state index is 0.0221. The molecular weight excluding hydrogens is 164 g/mol. The van der Waals surface area contributed by atoms with Crippen molar-refractivity contribution < 1.29 is 4.79 Å². The first-order valence-corrected chi connectivity index (χ1v) is 4.68. The van der Waals surface area contributed by atoms with Crippen molar-refractivity contribution >= 4 is 5.91 Å². The fourth-order valence-electron chi connectivity index (χ4n) is 1.05. The molecule has 1 aliphatic carbocycles. The van der Waals surface area contributed by atoms with Gasteiger partial charge in [0.1, 0.15) is 0 Å². The molecule has 0 aromatic carbocycles. The summed E-state index contributed by atoms with van der Waals surface area (Å²) in [6, 6.07) is -0.171. The summed E-state index contributed by atoms with van der Waals surface area (Å²) < 4.78 is 0. The Hall–Kier alpha value is -1.01. The first-order chi connectivity index (χ1) is 6.22. The van der Waals surface area contributed by atoms with E-state index in [1.807, 2.05) is 0 Å². The number of carbonyl (C=O) groups is 1. The van der Waals surface area contributed by atoms with Crippen LogP contribution >= 0.6 is 0 Å². The Morgan fingerprint density at radius 2 is 2.38 bits per heavy atom. The third kappa shape index (κ3) is 4.54. The molecule has 1 unspecified atom stereocenters. The fraction of sp³-hybridized carbons (Fsp3) is 0.700. The largest absolute Gasteiger partial charge is 0.342 e. The molecule has 0 heterocycles. The van der Waals surface area contributed by atoms with Gasteiger partial charge in [-0.1, -0.05) is 5.92 Å². The summed E-state index contributed by atoms with van der Waals surface area (Å²) in [6.07, 6.45) is 7.72. The molecule has 1 saturated carbocycles. The third-order valence-corrected chi connectivity index (χ3v) is 2.04. The van der Waals surface area contributed by atoms with Crippen molar-refractivity contribution in [1.29, 1.82) is 0 Å². The van der Waals surface area contributed by atoms with Crippen LogP contribution in [-0.2, 0) is 4.79 Å². The van der Waals surface area contributed by atoms with Crippen LogP contribution in [0.15, 0.2) is 0 Å². The van der Waals surface area contributed by atoms with Crippen LogP contribution in [-0.4, -0.2) is 25.0 Å². The van der Waals surface area contributed by atoms with E-state index in [-0.39, 0.29) is 11.9 Å². The number of carbonyl (C=O) groups excluding carboxylic acids is 1. The Balaban J connectivity index is 2.00. The summed E-state index contributed by atoms with van der Waals surface area (Å²) in [4.78, 5) is 11.1. The molecule has 1 atom stereocenters. The minimum atomic E-state index is -0.171. The predicted octanol–water partition coefficient (Wildman–Crippen LogP) is 0.124. The van der Waals surface area contributed by atoms with Crippen LogP contribution in [0.25, 0.3) is 0 Å². The molecule has 3 nitrogen and oxygen atoms in total. The summed E-state index contributed by atoms with van der Waals surface area (Å²) in [5, 5.41) is 5.78. The van der Waals surface area contributed by atoms with Gasteiger partial charge >= 0.3 is 0 Å². The second-order valence-corrected chi connectivity index (χ2v) is 3.53. The number of rotatable bonds is 5. The van der Waals surface area contributed by atoms with Gasteiger partial charge in [-0.05, 0) is 32.2 Å². The number of hydrogen-bond donors (Lipinski definition) is 2. The highest BCUT2D eigenvalue weighted by molar-refractivity contribution is 5.78. The molecule has 13 heavy (non-hydrogen) atoms. The van der Waals surface area contributed by atoms with E-state index >= 15 is 0 Å². The van der Waals surface area contributed by atoms with Crippen molar-refractivity contribution in [3.05, 3.63) is 0 Å². The molecule has 1 rings (SSSR count). The fourth-order valence-corrected chi connectivity index (χ4v) is 1.05. The van der Waals surface area contributed by atoms with Gasteiger partial charge in [-0.25, -0.2) is 0 Å². The average molecular weight is 180 g/mol. The van der Waals surface area contributed by atoms with Crippen molar-refractivity contribution in [2.45, 2.75) is 25.8 Å². The lowest BCUT2D eigenvalue weighted by Crippen LogP contribution is -2.38. The van der Waals surface area contributed by atoms with E-state index in [1.165, 1.54) is 12.8 Å². The standard InChI is InChI=1S/C10H16N2O/c1-3-8(2)12-10(13)7-11-6-9-4-5-9/h1,8-9,11H,4-7H2,2H3,(H,12,13). The molecule has 1 amide bonds. The Bertz CT molecular complexity index is 215. The second kappa shape index (κ2) is 4.88. The van der Waals surface area contributed by atoms with E-state index in [0.29, 0.717) is 6.54 Å². The van der Waals surface area contributed by atoms with Crippen molar-refractivity contribution in [2.24, 2.45) is 5.92 Å². The molecule has 0 radical (unpaired) electrons. The minimum Gasteiger partial charge on any atom is -0.342 e. The maximum Gasteiger partial charge on any atom is 0.234 e. The molecular formula is C10H16N2O. The van der Waals surface area contributed by atoms with Gasteiger partial charge in [-0.15, -0.1) is 6.42 Å². The van der Waals surface area contributed by atoms with Crippen molar-refractivity contribution in [3.63, 3.8) is 0 Å². The van der Waals surface area contributed by atoms with E-state index in [0.717, 1.165) is 12.5 Å². The monoisotopic (exact) mass is 180 g/mol. The number of amides is 1. The normalized spacial score (nSPS) is 17.5. The highest BCUT2D eigenvalue weighted by atomic mass is 16.1. The van der Waals surface area contributed by atoms with Gasteiger partial charge in [0, 0.05) is 0 Å². The Morgan fingerprint density at radius 1 is 1.69 bits per heavy atom. The lowest BCUT2D eigenvalue weighted by Gasteiger charge is -2.07. The van der Waals surface area contributed by atoms with Gasteiger partial charge in [-0.3, -0.25) is 4.79 Å². The van der Waals surface area contributed by atoms with Crippen molar-refractivity contribution in [2.75, 3.05) is 13.1 Å². The lowest BCUT2D eigenvalue weighted by atomic mass is 10.3. The highest BCUT2D eigenvalue weighted by Crippen LogP contribution is 2.27. The molecule has 0 bridgehead atoms. The molecule has 3 heteroatoms. The maximum absolute atomic E-state index is 11.1. The summed E-state index contributed by atoms with van der Waals surface area (Å²) >= 11 is 0. The lowest BCUT2D eigenvalue weighted by molar-refractivity contribution is -0.120. The molecule has 0 aromatic rings. The number of nitrogens with one attached hydrogen (secondary N) is 2. The third-order valence-electron chi connectivity index (χ3n) is 2.04. The molecule has 2 N–H and O–H groups in total. The SMILES string of the molecule is C#CC(C)NC(=O)CNCC1CC1. The number of terminal acetylenes is 1. The summed E-state index contributed by atoms with van der Waals surface area (Å²) in [5.74, 6) is 3.23. The quantitative estimate of drug-likeness (QED) is 0.590. The maximum atomic E-state index is 11.1. The van der Waals surface area contributed by atoms with E-state index in [9.17, 15) is 4.79 Å². The van der Waals surface area contributed by atoms with E-state index in [1.54, 1.807) is 6.92 Å². The van der Waals surface area contributed by atoms with Crippen LogP contribution in [0.2, 0.25) is 0 Å². The van der Waals surface area contributed by atoms with Gasteiger partial charge < -0.3 is 10.6 Å². The zero-order valence-electron chi connectivity index (χ0n) is 7.97. The molecule has 0 aliphatic heterocycles. The van der Waals surface area contributed by atoms with Gasteiger partial charge in [0.05, 0.1) is 12.6 Å². The average Bonchev–Trinajstić information content (AvgIpc) is 2.88. The first-order valence-electron chi connectivity index (χ1n) is 4.68. The summed E-state index contributed by atoms with van der Waals surface area (Å²) in [7, 11) is 0. The zero-order valence-corrected chi connectivity index (χ0v) is 7.97. The Labute approximate surface area is 79.3 Å². The van der Waals surface area contributed by atoms with E-state index < -0.39 is 0 Å². The molecule has 0 aromatic heterocycles. The summed E-state index contributed by atoms with van der Waals surface area (Å²) in [6.45, 7) is 3.12. The van der Waals surface area contributed by atoms with Crippen LogP contribution in [0.5, 0.6) is 0 Å². The van der Waals surface area contributed by atoms with Crippen LogP contribution in [0.3, 0.4) is 0 Å².